The number of benzene rings is 1. The van der Waals surface area contributed by atoms with Gasteiger partial charge in [0.2, 0.25) is 5.89 Å². The molecule has 1 atom stereocenters. The highest BCUT2D eigenvalue weighted by Gasteiger charge is 2.29. The predicted molar refractivity (Wildman–Crippen MR) is 86.7 cm³/mol. The summed E-state index contributed by atoms with van der Waals surface area (Å²) >= 11 is 6.28. The Kier molecular flexibility index (Phi) is 3.75. The van der Waals surface area contributed by atoms with Gasteiger partial charge in [0.25, 0.3) is 0 Å². The van der Waals surface area contributed by atoms with Crippen molar-refractivity contribution in [3.8, 4) is 0 Å². The Labute approximate surface area is 138 Å². The van der Waals surface area contributed by atoms with Crippen molar-refractivity contribution in [3.63, 3.8) is 0 Å². The van der Waals surface area contributed by atoms with Crippen LogP contribution in [0.5, 0.6) is 0 Å². The van der Waals surface area contributed by atoms with Crippen molar-refractivity contribution in [2.24, 2.45) is 0 Å². The van der Waals surface area contributed by atoms with E-state index in [-0.39, 0.29) is 5.92 Å². The fraction of sp³-hybridized carbons (Fsp3) is 0.312. The van der Waals surface area contributed by atoms with Gasteiger partial charge in [-0.3, -0.25) is 4.68 Å². The standard InChI is InChI=1S/C16H16ClN5O/c17-13-4-1-2-5-14(13)21-9-6-12(10-21)16-19-15(20-23-16)11-22-8-3-7-18-22/h1-5,7-8,12H,6,9-11H2. The van der Waals surface area contributed by atoms with Gasteiger partial charge in [-0.25, -0.2) is 0 Å². The number of halogens is 1. The van der Waals surface area contributed by atoms with Crippen LogP contribution >= 0.6 is 11.6 Å². The number of nitrogens with zero attached hydrogens (tertiary/aromatic N) is 5. The number of rotatable bonds is 4. The predicted octanol–water partition coefficient (Wildman–Crippen LogP) is 2.96. The molecule has 3 heterocycles. The van der Waals surface area contributed by atoms with Gasteiger partial charge in [0.05, 0.1) is 16.6 Å². The average Bonchev–Trinajstić information content (AvgIpc) is 3.29. The molecule has 6 nitrogen and oxygen atoms in total. The summed E-state index contributed by atoms with van der Waals surface area (Å²) in [5, 5.41) is 8.99. The van der Waals surface area contributed by atoms with Crippen LogP contribution in [0.1, 0.15) is 24.1 Å². The summed E-state index contributed by atoms with van der Waals surface area (Å²) < 4.78 is 7.23. The van der Waals surface area contributed by atoms with Gasteiger partial charge in [-0.2, -0.15) is 10.1 Å². The third-order valence-electron chi connectivity index (χ3n) is 4.08. The molecule has 0 saturated carbocycles. The normalized spacial score (nSPS) is 17.8. The quantitative estimate of drug-likeness (QED) is 0.736. The molecule has 0 radical (unpaired) electrons. The zero-order chi connectivity index (χ0) is 15.6. The van der Waals surface area contributed by atoms with Gasteiger partial charge in [-0.15, -0.1) is 0 Å². The molecule has 0 aliphatic carbocycles. The van der Waals surface area contributed by atoms with E-state index in [1.54, 1.807) is 10.9 Å². The van der Waals surface area contributed by atoms with E-state index in [0.29, 0.717) is 18.3 Å². The lowest BCUT2D eigenvalue weighted by atomic mass is 10.1. The van der Waals surface area contributed by atoms with Gasteiger partial charge in [-0.05, 0) is 24.6 Å². The summed E-state index contributed by atoms with van der Waals surface area (Å²) in [6.07, 6.45) is 4.60. The molecule has 1 aliphatic heterocycles. The number of hydrogen-bond donors (Lipinski definition) is 0. The molecule has 0 amide bonds. The van der Waals surface area contributed by atoms with Crippen LogP contribution in [-0.4, -0.2) is 33.0 Å². The second-order valence-electron chi connectivity index (χ2n) is 5.64. The molecule has 118 valence electrons. The highest BCUT2D eigenvalue weighted by molar-refractivity contribution is 6.33. The summed E-state index contributed by atoms with van der Waals surface area (Å²) in [7, 11) is 0. The first-order chi connectivity index (χ1) is 11.3. The van der Waals surface area contributed by atoms with Crippen LogP contribution in [0.25, 0.3) is 0 Å². The number of para-hydroxylation sites is 1. The Morgan fingerprint density at radius 1 is 1.26 bits per heavy atom. The SMILES string of the molecule is Clc1ccccc1N1CCC(c2nc(Cn3cccn3)no2)C1. The number of hydrogen-bond acceptors (Lipinski definition) is 5. The molecular weight excluding hydrogens is 314 g/mol. The van der Waals surface area contributed by atoms with E-state index >= 15 is 0 Å². The van der Waals surface area contributed by atoms with Gasteiger partial charge >= 0.3 is 0 Å². The molecule has 1 aliphatic rings. The maximum Gasteiger partial charge on any atom is 0.231 e. The van der Waals surface area contributed by atoms with Gasteiger partial charge in [0.15, 0.2) is 5.82 Å². The lowest BCUT2D eigenvalue weighted by molar-refractivity contribution is 0.354. The maximum absolute atomic E-state index is 6.28. The first kappa shape index (κ1) is 14.3. The minimum absolute atomic E-state index is 0.241. The van der Waals surface area contributed by atoms with Crippen molar-refractivity contribution in [3.05, 3.63) is 59.5 Å². The number of anilines is 1. The van der Waals surface area contributed by atoms with Crippen LogP contribution < -0.4 is 4.90 Å². The third kappa shape index (κ3) is 2.94. The zero-order valence-electron chi connectivity index (χ0n) is 12.5. The Balaban J connectivity index is 1.46. The topological polar surface area (TPSA) is 60.0 Å². The van der Waals surface area contributed by atoms with E-state index in [1.165, 1.54) is 0 Å². The van der Waals surface area contributed by atoms with Crippen molar-refractivity contribution in [1.82, 2.24) is 19.9 Å². The second kappa shape index (κ2) is 6.04. The Morgan fingerprint density at radius 2 is 2.17 bits per heavy atom. The lowest BCUT2D eigenvalue weighted by Crippen LogP contribution is -2.19. The van der Waals surface area contributed by atoms with E-state index in [1.807, 2.05) is 36.5 Å². The van der Waals surface area contributed by atoms with Crippen molar-refractivity contribution >= 4 is 17.3 Å². The molecule has 1 aromatic carbocycles. The van der Waals surface area contributed by atoms with Crippen molar-refractivity contribution < 1.29 is 4.52 Å². The molecule has 0 bridgehead atoms. The average molecular weight is 330 g/mol. The van der Waals surface area contributed by atoms with E-state index in [2.05, 4.69) is 20.1 Å². The summed E-state index contributed by atoms with van der Waals surface area (Å²) in [6.45, 7) is 2.30. The maximum atomic E-state index is 6.28. The summed E-state index contributed by atoms with van der Waals surface area (Å²) in [6, 6.07) is 9.78. The van der Waals surface area contributed by atoms with Crippen LogP contribution in [0.4, 0.5) is 5.69 Å². The first-order valence-corrected chi connectivity index (χ1v) is 7.97. The number of aromatic nitrogens is 4. The van der Waals surface area contributed by atoms with Gasteiger partial charge in [0, 0.05) is 25.5 Å². The van der Waals surface area contributed by atoms with Crippen molar-refractivity contribution in [2.45, 2.75) is 18.9 Å². The lowest BCUT2D eigenvalue weighted by Gasteiger charge is -2.19. The van der Waals surface area contributed by atoms with Crippen LogP contribution in [-0.2, 0) is 6.54 Å². The molecule has 1 fully saturated rings. The molecule has 2 aromatic heterocycles. The molecule has 7 heteroatoms. The Bertz CT molecular complexity index is 785. The third-order valence-corrected chi connectivity index (χ3v) is 4.40. The highest BCUT2D eigenvalue weighted by Crippen LogP contribution is 2.33. The molecule has 1 unspecified atom stereocenters. The van der Waals surface area contributed by atoms with E-state index in [4.69, 9.17) is 16.1 Å². The summed E-state index contributed by atoms with van der Waals surface area (Å²) in [5.74, 6) is 1.59. The molecule has 1 saturated heterocycles. The van der Waals surface area contributed by atoms with E-state index < -0.39 is 0 Å². The van der Waals surface area contributed by atoms with Crippen molar-refractivity contribution in [2.75, 3.05) is 18.0 Å². The van der Waals surface area contributed by atoms with Gasteiger partial charge < -0.3 is 9.42 Å². The fourth-order valence-electron chi connectivity index (χ4n) is 2.93. The largest absolute Gasteiger partial charge is 0.370 e. The Morgan fingerprint density at radius 3 is 3.00 bits per heavy atom. The molecule has 23 heavy (non-hydrogen) atoms. The minimum Gasteiger partial charge on any atom is -0.370 e. The molecule has 4 rings (SSSR count). The molecule has 0 spiro atoms. The monoisotopic (exact) mass is 329 g/mol. The van der Waals surface area contributed by atoms with Crippen LogP contribution in [0.2, 0.25) is 5.02 Å². The van der Waals surface area contributed by atoms with E-state index in [9.17, 15) is 0 Å². The minimum atomic E-state index is 0.241. The Hall–Kier alpha value is -2.34. The molecule has 0 N–H and O–H groups in total. The smallest absolute Gasteiger partial charge is 0.231 e. The summed E-state index contributed by atoms with van der Waals surface area (Å²) in [4.78, 5) is 6.79. The zero-order valence-corrected chi connectivity index (χ0v) is 13.2. The highest BCUT2D eigenvalue weighted by atomic mass is 35.5. The van der Waals surface area contributed by atoms with Gasteiger partial charge in [0.1, 0.15) is 6.54 Å². The fourth-order valence-corrected chi connectivity index (χ4v) is 3.18. The van der Waals surface area contributed by atoms with Crippen LogP contribution in [0.15, 0.2) is 47.2 Å². The molecule has 3 aromatic rings. The van der Waals surface area contributed by atoms with E-state index in [0.717, 1.165) is 30.2 Å². The van der Waals surface area contributed by atoms with Crippen LogP contribution in [0.3, 0.4) is 0 Å². The van der Waals surface area contributed by atoms with Crippen molar-refractivity contribution in [1.29, 1.82) is 0 Å². The second-order valence-corrected chi connectivity index (χ2v) is 6.04. The van der Waals surface area contributed by atoms with Crippen LogP contribution in [0, 0.1) is 0 Å². The summed E-state index contributed by atoms with van der Waals surface area (Å²) in [5.41, 5.74) is 1.06. The molecular formula is C16H16ClN5O. The van der Waals surface area contributed by atoms with Gasteiger partial charge in [-0.1, -0.05) is 28.9 Å². The first-order valence-electron chi connectivity index (χ1n) is 7.59.